The van der Waals surface area contributed by atoms with Crippen molar-refractivity contribution in [2.45, 2.75) is 40.3 Å². The molecule has 148 valence electrons. The molecule has 0 fully saturated rings. The number of hydrogen-bond acceptors (Lipinski definition) is 2. The fourth-order valence-electron chi connectivity index (χ4n) is 3.38. The van der Waals surface area contributed by atoms with Crippen molar-refractivity contribution in [3.63, 3.8) is 0 Å². The molecule has 3 aromatic rings. The van der Waals surface area contributed by atoms with Crippen molar-refractivity contribution in [3.05, 3.63) is 63.9 Å². The second-order valence-corrected chi connectivity index (χ2v) is 8.22. The molecule has 0 bridgehead atoms. The molecule has 3 rings (SSSR count). The summed E-state index contributed by atoms with van der Waals surface area (Å²) < 4.78 is 2.16. The fourth-order valence-corrected chi connectivity index (χ4v) is 3.76. The number of nitrogens with zero attached hydrogens (tertiary/aromatic N) is 3. The van der Waals surface area contributed by atoms with Gasteiger partial charge in [-0.3, -0.25) is 4.79 Å². The molecule has 0 radical (unpaired) electrons. The first-order chi connectivity index (χ1) is 13.4. The number of aryl methyl sites for hydroxylation is 1. The molecule has 0 aliphatic rings. The number of halogens is 2. The molecule has 28 heavy (non-hydrogen) atoms. The Morgan fingerprint density at radius 3 is 2.61 bits per heavy atom. The highest BCUT2D eigenvalue weighted by molar-refractivity contribution is 6.33. The molecule has 4 nitrogen and oxygen atoms in total. The third kappa shape index (κ3) is 4.50. The molecule has 0 N–H and O–H groups in total. The molecule has 6 heteroatoms. The van der Waals surface area contributed by atoms with Crippen LogP contribution in [0.5, 0.6) is 0 Å². The van der Waals surface area contributed by atoms with Gasteiger partial charge in [-0.05, 0) is 42.7 Å². The monoisotopic (exact) mass is 417 g/mol. The van der Waals surface area contributed by atoms with Crippen molar-refractivity contribution in [1.29, 1.82) is 0 Å². The van der Waals surface area contributed by atoms with Gasteiger partial charge in [-0.15, -0.1) is 0 Å². The molecule has 1 aromatic heterocycles. The van der Waals surface area contributed by atoms with Gasteiger partial charge in [-0.2, -0.15) is 0 Å². The van der Waals surface area contributed by atoms with E-state index >= 15 is 0 Å². The minimum Gasteiger partial charge on any atom is -0.331 e. The lowest BCUT2D eigenvalue weighted by Gasteiger charge is -2.25. The largest absolute Gasteiger partial charge is 0.331 e. The fraction of sp³-hybridized carbons (Fsp3) is 0.364. The van der Waals surface area contributed by atoms with E-state index in [4.69, 9.17) is 28.2 Å². The summed E-state index contributed by atoms with van der Waals surface area (Å²) >= 11 is 12.5. The van der Waals surface area contributed by atoms with Gasteiger partial charge < -0.3 is 9.47 Å². The Morgan fingerprint density at radius 1 is 1.18 bits per heavy atom. The molecule has 0 aliphatic heterocycles. The predicted octanol–water partition coefficient (Wildman–Crippen LogP) is 6.05. The zero-order valence-electron chi connectivity index (χ0n) is 16.5. The van der Waals surface area contributed by atoms with E-state index in [0.29, 0.717) is 34.6 Å². The van der Waals surface area contributed by atoms with Gasteiger partial charge in [0.1, 0.15) is 5.82 Å². The van der Waals surface area contributed by atoms with E-state index in [0.717, 1.165) is 29.8 Å². The van der Waals surface area contributed by atoms with E-state index in [1.165, 1.54) is 0 Å². The van der Waals surface area contributed by atoms with Gasteiger partial charge in [-0.1, -0.05) is 56.1 Å². The van der Waals surface area contributed by atoms with Crippen molar-refractivity contribution in [2.75, 3.05) is 6.54 Å². The average molecular weight is 418 g/mol. The highest BCUT2D eigenvalue weighted by Crippen LogP contribution is 2.24. The predicted molar refractivity (Wildman–Crippen MR) is 116 cm³/mol. The number of fused-ring (bicyclic) bond motifs is 1. The van der Waals surface area contributed by atoms with Crippen LogP contribution in [0.4, 0.5) is 0 Å². The van der Waals surface area contributed by atoms with Crippen LogP contribution < -0.4 is 0 Å². The average Bonchev–Trinajstić information content (AvgIpc) is 2.98. The van der Waals surface area contributed by atoms with Crippen LogP contribution >= 0.6 is 23.2 Å². The number of carbonyl (C=O) groups is 1. The highest BCUT2D eigenvalue weighted by atomic mass is 35.5. The molecular weight excluding hydrogens is 393 g/mol. The minimum absolute atomic E-state index is 0.0764. The molecule has 0 aliphatic carbocycles. The zero-order chi connectivity index (χ0) is 20.3. The maximum absolute atomic E-state index is 13.2. The molecule has 0 saturated carbocycles. The molecule has 0 saturated heterocycles. The maximum atomic E-state index is 13.2. The summed E-state index contributed by atoms with van der Waals surface area (Å²) in [6.07, 6.45) is 0.966. The summed E-state index contributed by atoms with van der Waals surface area (Å²) in [5.74, 6) is 1.11. The Balaban J connectivity index is 2.00. The normalized spacial score (nSPS) is 11.4. The minimum atomic E-state index is -0.0764. The third-order valence-electron chi connectivity index (χ3n) is 4.55. The van der Waals surface area contributed by atoms with Gasteiger partial charge >= 0.3 is 0 Å². The lowest BCUT2D eigenvalue weighted by atomic mass is 10.1. The Kier molecular flexibility index (Phi) is 6.63. The smallest absolute Gasteiger partial charge is 0.255 e. The Hall–Kier alpha value is -2.04. The van der Waals surface area contributed by atoms with Crippen LogP contribution in [0.1, 0.15) is 43.4 Å². The van der Waals surface area contributed by atoms with Crippen LogP contribution in [0.15, 0.2) is 42.5 Å². The Morgan fingerprint density at radius 2 is 1.93 bits per heavy atom. The second kappa shape index (κ2) is 8.97. The first-order valence-electron chi connectivity index (χ1n) is 9.59. The lowest BCUT2D eigenvalue weighted by molar-refractivity contribution is 0.0716. The van der Waals surface area contributed by atoms with E-state index in [-0.39, 0.29) is 5.91 Å². The van der Waals surface area contributed by atoms with Gasteiger partial charge in [0.15, 0.2) is 0 Å². The van der Waals surface area contributed by atoms with Crippen LogP contribution in [0, 0.1) is 5.92 Å². The second-order valence-electron chi connectivity index (χ2n) is 7.37. The van der Waals surface area contributed by atoms with Crippen LogP contribution in [0.2, 0.25) is 10.0 Å². The highest BCUT2D eigenvalue weighted by Gasteiger charge is 2.22. The molecule has 0 atom stereocenters. The summed E-state index contributed by atoms with van der Waals surface area (Å²) in [7, 11) is 0. The van der Waals surface area contributed by atoms with E-state index in [1.54, 1.807) is 12.1 Å². The number of aromatic nitrogens is 2. The van der Waals surface area contributed by atoms with E-state index in [9.17, 15) is 4.79 Å². The van der Waals surface area contributed by atoms with Crippen molar-refractivity contribution in [3.8, 4) is 0 Å². The Bertz CT molecular complexity index is 981. The lowest BCUT2D eigenvalue weighted by Crippen LogP contribution is -2.35. The first kappa shape index (κ1) is 20.7. The van der Waals surface area contributed by atoms with Crippen molar-refractivity contribution < 1.29 is 4.79 Å². The van der Waals surface area contributed by atoms with Crippen LogP contribution in [0.25, 0.3) is 11.0 Å². The topological polar surface area (TPSA) is 38.1 Å². The number of amides is 1. The molecule has 1 heterocycles. The molecule has 1 amide bonds. The van der Waals surface area contributed by atoms with Gasteiger partial charge in [0.05, 0.1) is 28.2 Å². The summed E-state index contributed by atoms with van der Waals surface area (Å²) in [5, 5.41) is 1.15. The van der Waals surface area contributed by atoms with Gasteiger partial charge in [-0.25, -0.2) is 4.98 Å². The number of carbonyl (C=O) groups excluding carboxylic acids is 1. The number of hydrogen-bond donors (Lipinski definition) is 0. The number of benzene rings is 2. The zero-order valence-corrected chi connectivity index (χ0v) is 18.0. The van der Waals surface area contributed by atoms with Crippen LogP contribution in [-0.2, 0) is 13.1 Å². The summed E-state index contributed by atoms with van der Waals surface area (Å²) in [5.41, 5.74) is 2.41. The van der Waals surface area contributed by atoms with E-state index < -0.39 is 0 Å². The van der Waals surface area contributed by atoms with Crippen LogP contribution in [0.3, 0.4) is 0 Å². The molecule has 0 spiro atoms. The SMILES string of the molecule is CCCn1c(CN(CC(C)C)C(=O)c2ccccc2Cl)nc2ccc(Cl)cc21. The number of imidazole rings is 1. The van der Waals surface area contributed by atoms with Crippen molar-refractivity contribution in [1.82, 2.24) is 14.5 Å². The summed E-state index contributed by atoms with van der Waals surface area (Å²) in [4.78, 5) is 19.9. The van der Waals surface area contributed by atoms with Crippen molar-refractivity contribution >= 4 is 40.1 Å². The van der Waals surface area contributed by atoms with E-state index in [2.05, 4.69) is 25.3 Å². The van der Waals surface area contributed by atoms with E-state index in [1.807, 2.05) is 35.2 Å². The maximum Gasteiger partial charge on any atom is 0.255 e. The van der Waals surface area contributed by atoms with Crippen LogP contribution in [-0.4, -0.2) is 26.9 Å². The first-order valence-corrected chi connectivity index (χ1v) is 10.3. The summed E-state index contributed by atoms with van der Waals surface area (Å²) in [6.45, 7) is 8.20. The summed E-state index contributed by atoms with van der Waals surface area (Å²) in [6, 6.07) is 12.9. The van der Waals surface area contributed by atoms with Gasteiger partial charge in [0.2, 0.25) is 0 Å². The van der Waals surface area contributed by atoms with Gasteiger partial charge in [0, 0.05) is 18.1 Å². The van der Waals surface area contributed by atoms with Crippen molar-refractivity contribution in [2.24, 2.45) is 5.92 Å². The quantitative estimate of drug-likeness (QED) is 0.468. The molecular formula is C22H25Cl2N3O. The number of rotatable bonds is 7. The molecule has 0 unspecified atom stereocenters. The Labute approximate surface area is 176 Å². The third-order valence-corrected chi connectivity index (χ3v) is 5.11. The van der Waals surface area contributed by atoms with Gasteiger partial charge in [0.25, 0.3) is 5.91 Å². The molecule has 2 aromatic carbocycles. The standard InChI is InChI=1S/C22H25Cl2N3O/c1-4-11-27-20-12-16(23)9-10-19(20)25-21(27)14-26(13-15(2)3)22(28)17-7-5-6-8-18(17)24/h5-10,12,15H,4,11,13-14H2,1-3H3.